The normalized spacial score (nSPS) is 26.0. The third kappa shape index (κ3) is 1.89. The van der Waals surface area contributed by atoms with E-state index >= 15 is 0 Å². The molecule has 3 rings (SSSR count). The van der Waals surface area contributed by atoms with Gasteiger partial charge in [0, 0.05) is 17.5 Å². The van der Waals surface area contributed by atoms with Crippen molar-refractivity contribution in [2.75, 3.05) is 6.54 Å². The van der Waals surface area contributed by atoms with Gasteiger partial charge in [-0.1, -0.05) is 12.8 Å². The summed E-state index contributed by atoms with van der Waals surface area (Å²) in [6.07, 6.45) is 5.87. The van der Waals surface area contributed by atoms with Crippen molar-refractivity contribution < 1.29 is 9.90 Å². The Kier molecular flexibility index (Phi) is 2.92. The van der Waals surface area contributed by atoms with Crippen LogP contribution >= 0.6 is 11.3 Å². The van der Waals surface area contributed by atoms with E-state index in [9.17, 15) is 9.90 Å². The van der Waals surface area contributed by atoms with E-state index in [1.54, 1.807) is 11.3 Å². The summed E-state index contributed by atoms with van der Waals surface area (Å²) in [6.45, 7) is 0.912. The van der Waals surface area contributed by atoms with Crippen molar-refractivity contribution in [3.63, 3.8) is 0 Å². The molecule has 0 saturated heterocycles. The quantitative estimate of drug-likeness (QED) is 0.878. The Morgan fingerprint density at radius 1 is 1.41 bits per heavy atom. The Hall–Kier alpha value is -0.870. The van der Waals surface area contributed by atoms with E-state index in [0.29, 0.717) is 6.04 Å². The van der Waals surface area contributed by atoms with E-state index in [0.717, 1.165) is 18.5 Å². The highest BCUT2D eigenvalue weighted by atomic mass is 32.1. The first-order valence-electron chi connectivity index (χ1n) is 6.32. The molecule has 3 nitrogen and oxygen atoms in total. The molecule has 1 atom stereocenters. The monoisotopic (exact) mass is 251 g/mol. The first-order chi connectivity index (χ1) is 8.27. The van der Waals surface area contributed by atoms with E-state index in [2.05, 4.69) is 4.90 Å². The maximum absolute atomic E-state index is 11.5. The third-order valence-corrected chi connectivity index (χ3v) is 5.03. The maximum Gasteiger partial charge on any atom is 0.325 e. The van der Waals surface area contributed by atoms with Gasteiger partial charge in [-0.15, -0.1) is 11.3 Å². The van der Waals surface area contributed by atoms with Gasteiger partial charge in [0.15, 0.2) is 0 Å². The Morgan fingerprint density at radius 2 is 2.18 bits per heavy atom. The van der Waals surface area contributed by atoms with Gasteiger partial charge in [-0.3, -0.25) is 9.69 Å². The highest BCUT2D eigenvalue weighted by molar-refractivity contribution is 7.10. The lowest BCUT2D eigenvalue weighted by atomic mass is 9.97. The van der Waals surface area contributed by atoms with Gasteiger partial charge in [0.25, 0.3) is 0 Å². The number of hydrogen-bond donors (Lipinski definition) is 1. The smallest absolute Gasteiger partial charge is 0.325 e. The molecule has 2 heterocycles. The zero-order valence-electron chi connectivity index (χ0n) is 9.76. The highest BCUT2D eigenvalue weighted by Crippen LogP contribution is 2.38. The maximum atomic E-state index is 11.5. The van der Waals surface area contributed by atoms with Crippen molar-refractivity contribution in [2.24, 2.45) is 0 Å². The van der Waals surface area contributed by atoms with Crippen LogP contribution in [0.2, 0.25) is 0 Å². The molecule has 92 valence electrons. The fourth-order valence-corrected chi connectivity index (χ4v) is 4.14. The van der Waals surface area contributed by atoms with Gasteiger partial charge >= 0.3 is 5.97 Å². The standard InChI is InChI=1S/C13H17NO2S/c15-13(16)12-10-6-8-17-11(10)5-7-14(12)9-3-1-2-4-9/h6,8-9,12H,1-5,7H2,(H,15,16). The minimum atomic E-state index is -0.684. The molecule has 1 aromatic heterocycles. The SMILES string of the molecule is O=C(O)C1c2ccsc2CCN1C1CCCC1. The van der Waals surface area contributed by atoms with Gasteiger partial charge < -0.3 is 5.11 Å². The summed E-state index contributed by atoms with van der Waals surface area (Å²) in [5.41, 5.74) is 1.04. The van der Waals surface area contributed by atoms with Crippen LogP contribution in [0.25, 0.3) is 0 Å². The van der Waals surface area contributed by atoms with E-state index in [1.165, 1.54) is 30.6 Å². The zero-order valence-corrected chi connectivity index (χ0v) is 10.6. The number of rotatable bonds is 2. The van der Waals surface area contributed by atoms with Crippen molar-refractivity contribution in [1.82, 2.24) is 4.90 Å². The number of aliphatic carboxylic acids is 1. The van der Waals surface area contributed by atoms with Gasteiger partial charge in [-0.25, -0.2) is 0 Å². The molecule has 1 aliphatic heterocycles. The molecular weight excluding hydrogens is 234 g/mol. The van der Waals surface area contributed by atoms with Gasteiger partial charge in [0.05, 0.1) is 0 Å². The molecule has 2 aliphatic rings. The number of carboxylic acid groups (broad SMARTS) is 1. The number of nitrogens with zero attached hydrogens (tertiary/aromatic N) is 1. The van der Waals surface area contributed by atoms with Crippen LogP contribution in [0.1, 0.15) is 42.2 Å². The molecule has 0 aromatic carbocycles. The fraction of sp³-hybridized carbons (Fsp3) is 0.615. The second kappa shape index (κ2) is 4.42. The molecule has 0 radical (unpaired) electrons. The van der Waals surface area contributed by atoms with Crippen LogP contribution in [-0.2, 0) is 11.2 Å². The molecule has 1 N–H and O–H groups in total. The van der Waals surface area contributed by atoms with Crippen molar-refractivity contribution in [3.8, 4) is 0 Å². The fourth-order valence-electron chi connectivity index (χ4n) is 3.24. The number of carboxylic acids is 1. The molecule has 1 aromatic rings. The van der Waals surface area contributed by atoms with Gasteiger partial charge in [0.2, 0.25) is 0 Å². The van der Waals surface area contributed by atoms with Crippen LogP contribution in [0.15, 0.2) is 11.4 Å². The lowest BCUT2D eigenvalue weighted by molar-refractivity contribution is -0.145. The summed E-state index contributed by atoms with van der Waals surface area (Å²) in [6, 6.07) is 2.09. The Balaban J connectivity index is 1.92. The van der Waals surface area contributed by atoms with Crippen LogP contribution in [0.3, 0.4) is 0 Å². The van der Waals surface area contributed by atoms with Gasteiger partial charge in [-0.05, 0) is 36.3 Å². The minimum Gasteiger partial charge on any atom is -0.480 e. The summed E-state index contributed by atoms with van der Waals surface area (Å²) in [7, 11) is 0. The largest absolute Gasteiger partial charge is 0.480 e. The molecule has 1 fully saturated rings. The van der Waals surface area contributed by atoms with Crippen LogP contribution in [0.5, 0.6) is 0 Å². The second-order valence-electron chi connectivity index (χ2n) is 4.97. The topological polar surface area (TPSA) is 40.5 Å². The zero-order chi connectivity index (χ0) is 11.8. The van der Waals surface area contributed by atoms with Crippen LogP contribution in [0, 0.1) is 0 Å². The number of fused-ring (bicyclic) bond motifs is 1. The summed E-state index contributed by atoms with van der Waals surface area (Å²) >= 11 is 1.70. The van der Waals surface area contributed by atoms with Crippen LogP contribution in [0.4, 0.5) is 0 Å². The molecule has 1 unspecified atom stereocenters. The van der Waals surface area contributed by atoms with E-state index in [4.69, 9.17) is 0 Å². The molecule has 1 saturated carbocycles. The number of hydrogen-bond acceptors (Lipinski definition) is 3. The lowest BCUT2D eigenvalue weighted by Crippen LogP contribution is -2.44. The molecule has 1 aliphatic carbocycles. The summed E-state index contributed by atoms with van der Waals surface area (Å²) in [4.78, 5) is 15.0. The summed E-state index contributed by atoms with van der Waals surface area (Å²) in [5.74, 6) is -0.684. The Morgan fingerprint density at radius 3 is 2.88 bits per heavy atom. The minimum absolute atomic E-state index is 0.395. The third-order valence-electron chi connectivity index (χ3n) is 4.03. The average Bonchev–Trinajstić information content (AvgIpc) is 2.98. The molecule has 17 heavy (non-hydrogen) atoms. The van der Waals surface area contributed by atoms with Gasteiger partial charge in [-0.2, -0.15) is 0 Å². The summed E-state index contributed by atoms with van der Waals surface area (Å²) in [5, 5.41) is 11.5. The molecule has 0 spiro atoms. The first-order valence-corrected chi connectivity index (χ1v) is 7.20. The van der Waals surface area contributed by atoms with E-state index in [-0.39, 0.29) is 0 Å². The van der Waals surface area contributed by atoms with Crippen LogP contribution < -0.4 is 0 Å². The number of thiophene rings is 1. The van der Waals surface area contributed by atoms with Crippen molar-refractivity contribution in [3.05, 3.63) is 21.9 Å². The molecular formula is C13H17NO2S. The predicted molar refractivity (Wildman–Crippen MR) is 67.4 cm³/mol. The van der Waals surface area contributed by atoms with Crippen molar-refractivity contribution in [1.29, 1.82) is 0 Å². The molecule has 0 bridgehead atoms. The van der Waals surface area contributed by atoms with Gasteiger partial charge in [0.1, 0.15) is 6.04 Å². The van der Waals surface area contributed by atoms with Crippen molar-refractivity contribution >= 4 is 17.3 Å². The molecule has 0 amide bonds. The first kappa shape index (κ1) is 11.2. The van der Waals surface area contributed by atoms with Crippen molar-refractivity contribution in [2.45, 2.75) is 44.2 Å². The van der Waals surface area contributed by atoms with E-state index < -0.39 is 12.0 Å². The van der Waals surface area contributed by atoms with Crippen LogP contribution in [-0.4, -0.2) is 28.6 Å². The lowest BCUT2D eigenvalue weighted by Gasteiger charge is -2.37. The Labute approximate surface area is 105 Å². The highest BCUT2D eigenvalue weighted by Gasteiger charge is 2.38. The predicted octanol–water partition coefficient (Wildman–Crippen LogP) is 2.67. The van der Waals surface area contributed by atoms with E-state index in [1.807, 2.05) is 11.4 Å². The second-order valence-corrected chi connectivity index (χ2v) is 5.97. The number of carbonyl (C=O) groups is 1. The Bertz CT molecular complexity index is 423. The molecule has 4 heteroatoms. The average molecular weight is 251 g/mol. The summed E-state index contributed by atoms with van der Waals surface area (Å²) < 4.78 is 0.